The highest BCUT2D eigenvalue weighted by molar-refractivity contribution is 4.85. The van der Waals surface area contributed by atoms with Crippen LogP contribution in [0.4, 0.5) is 0 Å². The average molecular weight is 237 g/mol. The second-order valence-corrected chi connectivity index (χ2v) is 5.73. The summed E-state index contributed by atoms with van der Waals surface area (Å²) in [5.74, 6) is 0.884. The SMILES string of the molecule is OC1CCCN(CC2CCC=CCCC2)CC1. The van der Waals surface area contributed by atoms with Crippen molar-refractivity contribution >= 4 is 0 Å². The van der Waals surface area contributed by atoms with Crippen molar-refractivity contribution < 1.29 is 5.11 Å². The van der Waals surface area contributed by atoms with E-state index in [1.54, 1.807) is 0 Å². The van der Waals surface area contributed by atoms with Crippen molar-refractivity contribution in [3.63, 3.8) is 0 Å². The van der Waals surface area contributed by atoms with E-state index in [0.717, 1.165) is 25.3 Å². The van der Waals surface area contributed by atoms with Gasteiger partial charge in [-0.25, -0.2) is 0 Å². The molecule has 98 valence electrons. The smallest absolute Gasteiger partial charge is 0.0553 e. The maximum absolute atomic E-state index is 9.66. The molecule has 2 unspecified atom stereocenters. The van der Waals surface area contributed by atoms with Crippen molar-refractivity contribution in [3.05, 3.63) is 12.2 Å². The Morgan fingerprint density at radius 1 is 0.941 bits per heavy atom. The maximum Gasteiger partial charge on any atom is 0.0553 e. The fraction of sp³-hybridized carbons (Fsp3) is 0.867. The highest BCUT2D eigenvalue weighted by Gasteiger charge is 2.18. The van der Waals surface area contributed by atoms with Crippen LogP contribution in [0, 0.1) is 5.92 Å². The Morgan fingerprint density at radius 2 is 1.82 bits per heavy atom. The summed E-state index contributed by atoms with van der Waals surface area (Å²) in [7, 11) is 0. The molecule has 1 N–H and O–H groups in total. The zero-order valence-corrected chi connectivity index (χ0v) is 11.0. The molecule has 0 saturated carbocycles. The summed E-state index contributed by atoms with van der Waals surface area (Å²) in [5, 5.41) is 9.66. The first-order valence-corrected chi connectivity index (χ1v) is 7.40. The van der Waals surface area contributed by atoms with Gasteiger partial charge >= 0.3 is 0 Å². The van der Waals surface area contributed by atoms with Crippen LogP contribution in [0.25, 0.3) is 0 Å². The van der Waals surface area contributed by atoms with Gasteiger partial charge in [-0.05, 0) is 63.8 Å². The zero-order chi connectivity index (χ0) is 11.9. The van der Waals surface area contributed by atoms with Crippen LogP contribution in [-0.4, -0.2) is 35.7 Å². The van der Waals surface area contributed by atoms with Gasteiger partial charge in [-0.15, -0.1) is 0 Å². The Bertz CT molecular complexity index is 239. The molecule has 1 saturated heterocycles. The van der Waals surface area contributed by atoms with Crippen LogP contribution >= 0.6 is 0 Å². The lowest BCUT2D eigenvalue weighted by Crippen LogP contribution is -2.31. The van der Waals surface area contributed by atoms with E-state index in [-0.39, 0.29) is 6.10 Å². The van der Waals surface area contributed by atoms with Crippen LogP contribution in [0.5, 0.6) is 0 Å². The van der Waals surface area contributed by atoms with Gasteiger partial charge in [-0.2, -0.15) is 0 Å². The fourth-order valence-electron chi connectivity index (χ4n) is 3.10. The molecule has 1 aliphatic carbocycles. The van der Waals surface area contributed by atoms with E-state index < -0.39 is 0 Å². The Kier molecular flexibility index (Phi) is 5.53. The van der Waals surface area contributed by atoms with E-state index in [1.807, 2.05) is 0 Å². The topological polar surface area (TPSA) is 23.5 Å². The highest BCUT2D eigenvalue weighted by Crippen LogP contribution is 2.21. The summed E-state index contributed by atoms with van der Waals surface area (Å²) >= 11 is 0. The monoisotopic (exact) mass is 237 g/mol. The van der Waals surface area contributed by atoms with Gasteiger partial charge in [0.05, 0.1) is 6.10 Å². The van der Waals surface area contributed by atoms with Crippen molar-refractivity contribution in [2.45, 2.75) is 57.5 Å². The average Bonchev–Trinajstić information content (AvgIpc) is 2.47. The van der Waals surface area contributed by atoms with Crippen LogP contribution in [0.2, 0.25) is 0 Å². The number of rotatable bonds is 2. The molecule has 2 aliphatic rings. The van der Waals surface area contributed by atoms with Crippen molar-refractivity contribution in [1.29, 1.82) is 0 Å². The second-order valence-electron chi connectivity index (χ2n) is 5.73. The lowest BCUT2D eigenvalue weighted by atomic mass is 9.93. The molecule has 0 aromatic carbocycles. The lowest BCUT2D eigenvalue weighted by molar-refractivity contribution is 0.152. The van der Waals surface area contributed by atoms with Crippen LogP contribution < -0.4 is 0 Å². The number of hydrogen-bond donors (Lipinski definition) is 1. The Balaban J connectivity index is 1.76. The summed E-state index contributed by atoms with van der Waals surface area (Å²) < 4.78 is 0. The van der Waals surface area contributed by atoms with E-state index in [9.17, 15) is 5.11 Å². The predicted octanol–water partition coefficient (Wildman–Crippen LogP) is 2.97. The minimum absolute atomic E-state index is 0.0414. The minimum atomic E-state index is -0.0414. The third kappa shape index (κ3) is 4.81. The summed E-state index contributed by atoms with van der Waals surface area (Å²) in [5.41, 5.74) is 0. The maximum atomic E-state index is 9.66. The van der Waals surface area contributed by atoms with Gasteiger partial charge in [0.1, 0.15) is 0 Å². The van der Waals surface area contributed by atoms with Crippen LogP contribution in [0.15, 0.2) is 12.2 Å². The van der Waals surface area contributed by atoms with Crippen LogP contribution in [0.1, 0.15) is 51.4 Å². The van der Waals surface area contributed by atoms with E-state index in [4.69, 9.17) is 0 Å². The number of likely N-dealkylation sites (tertiary alicyclic amines) is 1. The number of aliphatic hydroxyl groups is 1. The summed E-state index contributed by atoms with van der Waals surface area (Å²) in [6, 6.07) is 0. The molecule has 0 spiro atoms. The largest absolute Gasteiger partial charge is 0.393 e. The molecule has 1 fully saturated rings. The second kappa shape index (κ2) is 7.17. The molecule has 1 heterocycles. The molecule has 2 nitrogen and oxygen atoms in total. The van der Waals surface area contributed by atoms with Crippen molar-refractivity contribution in [2.24, 2.45) is 5.92 Å². The van der Waals surface area contributed by atoms with Gasteiger partial charge in [0.15, 0.2) is 0 Å². The molecule has 0 aromatic rings. The number of allylic oxidation sites excluding steroid dienone is 2. The standard InChI is InChI=1S/C15H27NO/c17-15-9-6-11-16(12-10-15)13-14-7-4-2-1-3-5-8-14/h1-2,14-15,17H,3-13H2. The Hall–Kier alpha value is -0.340. The van der Waals surface area contributed by atoms with Crippen molar-refractivity contribution in [3.8, 4) is 0 Å². The minimum Gasteiger partial charge on any atom is -0.393 e. The van der Waals surface area contributed by atoms with Crippen LogP contribution in [0.3, 0.4) is 0 Å². The third-order valence-electron chi connectivity index (χ3n) is 4.20. The normalized spacial score (nSPS) is 32.8. The first-order valence-electron chi connectivity index (χ1n) is 7.40. The Labute approximate surface area is 106 Å². The molecule has 2 heteroatoms. The molecule has 2 rings (SSSR count). The van der Waals surface area contributed by atoms with E-state index in [2.05, 4.69) is 17.1 Å². The molecular weight excluding hydrogens is 210 g/mol. The van der Waals surface area contributed by atoms with Crippen molar-refractivity contribution in [2.75, 3.05) is 19.6 Å². The first kappa shape index (κ1) is 13.1. The lowest BCUT2D eigenvalue weighted by Gasteiger charge is -2.26. The molecular formula is C15H27NO. The molecule has 0 radical (unpaired) electrons. The summed E-state index contributed by atoms with van der Waals surface area (Å²) in [4.78, 5) is 2.59. The third-order valence-corrected chi connectivity index (χ3v) is 4.20. The van der Waals surface area contributed by atoms with E-state index in [0.29, 0.717) is 0 Å². The fourth-order valence-corrected chi connectivity index (χ4v) is 3.10. The molecule has 1 aliphatic heterocycles. The molecule has 0 amide bonds. The van der Waals surface area contributed by atoms with Crippen LogP contribution in [-0.2, 0) is 0 Å². The quantitative estimate of drug-likeness (QED) is 0.746. The summed E-state index contributed by atoms with van der Waals surface area (Å²) in [6.07, 6.45) is 14.5. The Morgan fingerprint density at radius 3 is 2.76 bits per heavy atom. The summed E-state index contributed by atoms with van der Waals surface area (Å²) in [6.45, 7) is 3.57. The first-order chi connectivity index (χ1) is 8.34. The van der Waals surface area contributed by atoms with Gasteiger partial charge < -0.3 is 10.0 Å². The number of aliphatic hydroxyl groups excluding tert-OH is 1. The van der Waals surface area contributed by atoms with Gasteiger partial charge in [-0.3, -0.25) is 0 Å². The van der Waals surface area contributed by atoms with Gasteiger partial charge in [0.25, 0.3) is 0 Å². The molecule has 17 heavy (non-hydrogen) atoms. The van der Waals surface area contributed by atoms with Gasteiger partial charge in [0, 0.05) is 13.1 Å². The molecule has 2 atom stereocenters. The van der Waals surface area contributed by atoms with Crippen molar-refractivity contribution in [1.82, 2.24) is 4.90 Å². The molecule has 0 bridgehead atoms. The van der Waals surface area contributed by atoms with E-state index in [1.165, 1.54) is 51.6 Å². The highest BCUT2D eigenvalue weighted by atomic mass is 16.3. The predicted molar refractivity (Wildman–Crippen MR) is 72.0 cm³/mol. The van der Waals surface area contributed by atoms with Gasteiger partial charge in [-0.1, -0.05) is 12.2 Å². The molecule has 0 aromatic heterocycles. The van der Waals surface area contributed by atoms with E-state index >= 15 is 0 Å². The number of hydrogen-bond acceptors (Lipinski definition) is 2. The number of nitrogens with zero attached hydrogens (tertiary/aromatic N) is 1. The zero-order valence-electron chi connectivity index (χ0n) is 11.0. The van der Waals surface area contributed by atoms with Gasteiger partial charge in [0.2, 0.25) is 0 Å².